The fourth-order valence-corrected chi connectivity index (χ4v) is 4.61. The molecule has 2 heterocycles. The first kappa shape index (κ1) is 13.9. The largest absolute Gasteiger partial charge is 0.476 e. The molecule has 1 aliphatic heterocycles. The van der Waals surface area contributed by atoms with Crippen molar-refractivity contribution in [2.75, 3.05) is 13.1 Å². The molecule has 1 aromatic heterocycles. The SMILES string of the molecule is CC1C(=O)NCCN1S(=O)(=O)c1scnc1C(=O)O. The van der Waals surface area contributed by atoms with Crippen molar-refractivity contribution in [3.63, 3.8) is 0 Å². The van der Waals surface area contributed by atoms with Crippen molar-refractivity contribution in [1.29, 1.82) is 0 Å². The van der Waals surface area contributed by atoms with Crippen LogP contribution in [0.5, 0.6) is 0 Å². The highest BCUT2D eigenvalue weighted by Crippen LogP contribution is 2.26. The molecule has 0 saturated carbocycles. The number of carboxylic acid groups (broad SMARTS) is 1. The van der Waals surface area contributed by atoms with Crippen molar-refractivity contribution in [2.45, 2.75) is 17.2 Å². The van der Waals surface area contributed by atoms with Gasteiger partial charge in [0.1, 0.15) is 6.04 Å². The van der Waals surface area contributed by atoms with Crippen LogP contribution in [-0.4, -0.2) is 53.8 Å². The lowest BCUT2D eigenvalue weighted by Crippen LogP contribution is -2.55. The summed E-state index contributed by atoms with van der Waals surface area (Å²) in [6, 6.07) is -0.873. The summed E-state index contributed by atoms with van der Waals surface area (Å²) in [5, 5.41) is 11.5. The van der Waals surface area contributed by atoms with E-state index >= 15 is 0 Å². The van der Waals surface area contributed by atoms with E-state index in [2.05, 4.69) is 10.3 Å². The average molecular weight is 305 g/mol. The number of carbonyl (C=O) groups excluding carboxylic acids is 1. The number of nitrogens with one attached hydrogen (secondary N) is 1. The van der Waals surface area contributed by atoms with Gasteiger partial charge in [-0.1, -0.05) is 0 Å². The number of hydrogen-bond donors (Lipinski definition) is 2. The third-order valence-corrected chi connectivity index (χ3v) is 6.04. The molecule has 1 aromatic rings. The fourth-order valence-electron chi connectivity index (χ4n) is 1.76. The quantitative estimate of drug-likeness (QED) is 0.766. The Bertz CT molecular complexity index is 624. The molecule has 1 fully saturated rings. The van der Waals surface area contributed by atoms with Crippen LogP contribution in [0.3, 0.4) is 0 Å². The average Bonchev–Trinajstić information content (AvgIpc) is 2.82. The minimum atomic E-state index is -4.03. The lowest BCUT2D eigenvalue weighted by Gasteiger charge is -2.31. The normalized spacial score (nSPS) is 21.1. The zero-order chi connectivity index (χ0) is 14.2. The Kier molecular flexibility index (Phi) is 3.56. The van der Waals surface area contributed by atoms with E-state index in [0.29, 0.717) is 0 Å². The molecule has 0 bridgehead atoms. The smallest absolute Gasteiger partial charge is 0.356 e. The number of piperazine rings is 1. The van der Waals surface area contributed by atoms with Crippen LogP contribution in [0.2, 0.25) is 0 Å². The van der Waals surface area contributed by atoms with Crippen LogP contribution in [0.4, 0.5) is 0 Å². The van der Waals surface area contributed by atoms with E-state index in [4.69, 9.17) is 5.11 Å². The number of aromatic carboxylic acids is 1. The summed E-state index contributed by atoms with van der Waals surface area (Å²) in [5.41, 5.74) is 0.647. The number of aromatic nitrogens is 1. The van der Waals surface area contributed by atoms with E-state index in [0.717, 1.165) is 21.2 Å². The maximum absolute atomic E-state index is 12.4. The molecule has 1 saturated heterocycles. The molecule has 1 unspecified atom stereocenters. The summed E-state index contributed by atoms with van der Waals surface area (Å²) < 4.78 is 25.4. The van der Waals surface area contributed by atoms with Crippen LogP contribution < -0.4 is 5.32 Å². The molecule has 19 heavy (non-hydrogen) atoms. The predicted octanol–water partition coefficient (Wildman–Crippen LogP) is -0.650. The van der Waals surface area contributed by atoms with E-state index < -0.39 is 33.6 Å². The number of sulfonamides is 1. The Hall–Kier alpha value is -1.52. The van der Waals surface area contributed by atoms with Gasteiger partial charge in [0.05, 0.1) is 5.51 Å². The third-order valence-electron chi connectivity index (χ3n) is 2.72. The molecular formula is C9H11N3O5S2. The third kappa shape index (κ3) is 2.33. The van der Waals surface area contributed by atoms with Gasteiger partial charge in [-0.15, -0.1) is 11.3 Å². The second-order valence-corrected chi connectivity index (χ2v) is 6.82. The summed E-state index contributed by atoms with van der Waals surface area (Å²) in [6.07, 6.45) is 0. The maximum Gasteiger partial charge on any atom is 0.356 e. The van der Waals surface area contributed by atoms with Crippen LogP contribution in [0.25, 0.3) is 0 Å². The van der Waals surface area contributed by atoms with Gasteiger partial charge in [0, 0.05) is 13.1 Å². The van der Waals surface area contributed by atoms with Crippen molar-refractivity contribution in [1.82, 2.24) is 14.6 Å². The molecule has 104 valence electrons. The van der Waals surface area contributed by atoms with Crippen LogP contribution in [0, 0.1) is 0 Å². The molecule has 1 aliphatic rings. The van der Waals surface area contributed by atoms with Gasteiger partial charge in [-0.05, 0) is 6.92 Å². The Morgan fingerprint density at radius 2 is 2.32 bits per heavy atom. The molecular weight excluding hydrogens is 294 g/mol. The molecule has 1 atom stereocenters. The van der Waals surface area contributed by atoms with E-state index in [-0.39, 0.29) is 17.3 Å². The van der Waals surface area contributed by atoms with Crippen LogP contribution in [-0.2, 0) is 14.8 Å². The summed E-state index contributed by atoms with van der Waals surface area (Å²) in [7, 11) is -4.03. The first-order valence-corrected chi connectivity index (χ1v) is 7.64. The molecule has 0 aliphatic carbocycles. The van der Waals surface area contributed by atoms with E-state index in [1.807, 2.05) is 0 Å². The first-order chi connectivity index (χ1) is 8.85. The fraction of sp³-hybridized carbons (Fsp3) is 0.444. The van der Waals surface area contributed by atoms with Gasteiger partial charge in [0.2, 0.25) is 5.91 Å². The molecule has 2 rings (SSSR count). The topological polar surface area (TPSA) is 117 Å². The first-order valence-electron chi connectivity index (χ1n) is 5.32. The van der Waals surface area contributed by atoms with Gasteiger partial charge in [0.15, 0.2) is 9.90 Å². The number of thiazole rings is 1. The lowest BCUT2D eigenvalue weighted by atomic mass is 10.2. The number of rotatable bonds is 3. The van der Waals surface area contributed by atoms with Gasteiger partial charge in [-0.3, -0.25) is 4.79 Å². The highest BCUT2D eigenvalue weighted by atomic mass is 32.2. The Morgan fingerprint density at radius 1 is 1.63 bits per heavy atom. The Balaban J connectivity index is 2.45. The number of carboxylic acids is 1. The highest BCUT2D eigenvalue weighted by Gasteiger charge is 2.38. The second kappa shape index (κ2) is 4.87. The van der Waals surface area contributed by atoms with E-state index in [1.54, 1.807) is 0 Å². The molecule has 0 spiro atoms. The zero-order valence-electron chi connectivity index (χ0n) is 9.86. The zero-order valence-corrected chi connectivity index (χ0v) is 11.5. The molecule has 0 aromatic carbocycles. The molecule has 1 amide bonds. The highest BCUT2D eigenvalue weighted by molar-refractivity contribution is 7.91. The van der Waals surface area contributed by atoms with Crippen LogP contribution >= 0.6 is 11.3 Å². The Labute approximate surface area is 113 Å². The van der Waals surface area contributed by atoms with Crippen molar-refractivity contribution < 1.29 is 23.1 Å². The molecule has 10 heteroatoms. The minimum Gasteiger partial charge on any atom is -0.476 e. The van der Waals surface area contributed by atoms with E-state index in [9.17, 15) is 18.0 Å². The van der Waals surface area contributed by atoms with E-state index in [1.165, 1.54) is 6.92 Å². The van der Waals surface area contributed by atoms with Gasteiger partial charge < -0.3 is 10.4 Å². The van der Waals surface area contributed by atoms with Crippen LogP contribution in [0.15, 0.2) is 9.72 Å². The molecule has 0 radical (unpaired) electrons. The van der Waals surface area contributed by atoms with Gasteiger partial charge >= 0.3 is 5.97 Å². The lowest BCUT2D eigenvalue weighted by molar-refractivity contribution is -0.126. The van der Waals surface area contributed by atoms with Gasteiger partial charge in [-0.25, -0.2) is 18.2 Å². The summed E-state index contributed by atoms with van der Waals surface area (Å²) in [6.45, 7) is 1.75. The summed E-state index contributed by atoms with van der Waals surface area (Å²) >= 11 is 0.728. The number of amides is 1. The second-order valence-electron chi connectivity index (χ2n) is 3.88. The minimum absolute atomic E-state index is 0.103. The summed E-state index contributed by atoms with van der Waals surface area (Å²) in [4.78, 5) is 26.0. The van der Waals surface area contributed by atoms with Crippen molar-refractivity contribution in [2.24, 2.45) is 0 Å². The monoisotopic (exact) mass is 305 g/mol. The number of nitrogens with zero attached hydrogens (tertiary/aromatic N) is 2. The summed E-state index contributed by atoms with van der Waals surface area (Å²) in [5.74, 6) is -1.81. The number of hydrogen-bond acceptors (Lipinski definition) is 6. The van der Waals surface area contributed by atoms with Gasteiger partial charge in [-0.2, -0.15) is 4.31 Å². The standard InChI is InChI=1S/C9H11N3O5S2/c1-5-7(13)10-2-3-12(5)19(16,17)9-6(8(14)15)11-4-18-9/h4-5H,2-3H2,1H3,(H,10,13)(H,14,15). The molecule has 8 nitrogen and oxygen atoms in total. The predicted molar refractivity (Wildman–Crippen MR) is 65.4 cm³/mol. The van der Waals surface area contributed by atoms with Crippen molar-refractivity contribution >= 4 is 33.2 Å². The van der Waals surface area contributed by atoms with Crippen molar-refractivity contribution in [3.05, 3.63) is 11.2 Å². The van der Waals surface area contributed by atoms with Crippen LogP contribution in [0.1, 0.15) is 17.4 Å². The maximum atomic E-state index is 12.4. The number of carbonyl (C=O) groups is 2. The van der Waals surface area contributed by atoms with Gasteiger partial charge in [0.25, 0.3) is 10.0 Å². The Morgan fingerprint density at radius 3 is 2.95 bits per heavy atom. The molecule has 2 N–H and O–H groups in total. The van der Waals surface area contributed by atoms with Crippen molar-refractivity contribution in [3.8, 4) is 0 Å².